The van der Waals surface area contributed by atoms with E-state index in [1.165, 1.54) is 19.8 Å². The first kappa shape index (κ1) is 22.2. The van der Waals surface area contributed by atoms with Crippen LogP contribution in [0.25, 0.3) is 0 Å². The zero-order valence-corrected chi connectivity index (χ0v) is 16.6. The second-order valence-corrected chi connectivity index (χ2v) is 7.21. The number of esters is 1. The number of carbonyl (C=O) groups excluding carboxylic acids is 1. The van der Waals surface area contributed by atoms with E-state index in [1.54, 1.807) is 0 Å². The summed E-state index contributed by atoms with van der Waals surface area (Å²) < 4.78 is 16.6. The van der Waals surface area contributed by atoms with Gasteiger partial charge in [0.05, 0.1) is 13.2 Å². The van der Waals surface area contributed by atoms with Crippen LogP contribution in [-0.4, -0.2) is 31.1 Å². The highest BCUT2D eigenvalue weighted by Gasteiger charge is 2.29. The fourth-order valence-corrected chi connectivity index (χ4v) is 3.21. The SMILES string of the molecule is CCCC[C@H](CCCC=CCCCCCC1(C)OCCO1)OC(C)=O. The molecule has 146 valence electrons. The third kappa shape index (κ3) is 11.4. The molecule has 0 aliphatic carbocycles. The number of rotatable bonds is 14. The van der Waals surface area contributed by atoms with Gasteiger partial charge in [0.2, 0.25) is 0 Å². The monoisotopic (exact) mass is 354 g/mol. The lowest BCUT2D eigenvalue weighted by atomic mass is 10.1. The third-order valence-corrected chi connectivity index (χ3v) is 4.68. The number of allylic oxidation sites excluding steroid dienone is 2. The van der Waals surface area contributed by atoms with Gasteiger partial charge in [-0.2, -0.15) is 0 Å². The lowest BCUT2D eigenvalue weighted by Gasteiger charge is -2.21. The van der Waals surface area contributed by atoms with E-state index in [1.807, 2.05) is 6.92 Å². The van der Waals surface area contributed by atoms with Crippen LogP contribution in [0.5, 0.6) is 0 Å². The first-order valence-electron chi connectivity index (χ1n) is 10.2. The molecule has 0 aromatic rings. The molecule has 25 heavy (non-hydrogen) atoms. The molecule has 1 rings (SSSR count). The van der Waals surface area contributed by atoms with Gasteiger partial charge in [-0.1, -0.05) is 38.3 Å². The van der Waals surface area contributed by atoms with Crippen molar-refractivity contribution in [1.29, 1.82) is 0 Å². The Balaban J connectivity index is 1.98. The second-order valence-electron chi connectivity index (χ2n) is 7.21. The molecule has 0 radical (unpaired) electrons. The molecule has 1 fully saturated rings. The maximum absolute atomic E-state index is 11.1. The van der Waals surface area contributed by atoms with Crippen molar-refractivity contribution in [2.24, 2.45) is 0 Å². The van der Waals surface area contributed by atoms with Gasteiger partial charge in [-0.05, 0) is 51.9 Å². The lowest BCUT2D eigenvalue weighted by molar-refractivity contribution is -0.148. The molecule has 1 saturated heterocycles. The van der Waals surface area contributed by atoms with Crippen molar-refractivity contribution in [1.82, 2.24) is 0 Å². The largest absolute Gasteiger partial charge is 0.463 e. The van der Waals surface area contributed by atoms with Crippen molar-refractivity contribution in [2.45, 2.75) is 103 Å². The number of unbranched alkanes of at least 4 members (excludes halogenated alkanes) is 5. The zero-order chi connectivity index (χ0) is 18.4. The van der Waals surface area contributed by atoms with Crippen molar-refractivity contribution < 1.29 is 19.0 Å². The minimum Gasteiger partial charge on any atom is -0.463 e. The van der Waals surface area contributed by atoms with E-state index >= 15 is 0 Å². The van der Waals surface area contributed by atoms with Crippen molar-refractivity contribution in [2.75, 3.05) is 13.2 Å². The highest BCUT2D eigenvalue weighted by atomic mass is 16.7. The van der Waals surface area contributed by atoms with Gasteiger partial charge >= 0.3 is 5.97 Å². The van der Waals surface area contributed by atoms with Gasteiger partial charge in [0.1, 0.15) is 6.10 Å². The highest BCUT2D eigenvalue weighted by molar-refractivity contribution is 5.66. The lowest BCUT2D eigenvalue weighted by Crippen LogP contribution is -2.24. The predicted octanol–water partition coefficient (Wildman–Crippen LogP) is 5.55. The molecular formula is C21H38O4. The quantitative estimate of drug-likeness (QED) is 0.233. The number of hydrogen-bond acceptors (Lipinski definition) is 4. The van der Waals surface area contributed by atoms with E-state index < -0.39 is 0 Å². The smallest absolute Gasteiger partial charge is 0.302 e. The average Bonchev–Trinajstić information content (AvgIpc) is 3.00. The van der Waals surface area contributed by atoms with Gasteiger partial charge in [-0.3, -0.25) is 4.79 Å². The second kappa shape index (κ2) is 13.3. The van der Waals surface area contributed by atoms with Gasteiger partial charge in [-0.15, -0.1) is 0 Å². The molecule has 1 heterocycles. The zero-order valence-electron chi connectivity index (χ0n) is 16.6. The van der Waals surface area contributed by atoms with Gasteiger partial charge < -0.3 is 14.2 Å². The summed E-state index contributed by atoms with van der Waals surface area (Å²) in [6, 6.07) is 0. The van der Waals surface area contributed by atoms with E-state index in [2.05, 4.69) is 19.1 Å². The maximum Gasteiger partial charge on any atom is 0.302 e. The molecule has 0 bridgehead atoms. The summed E-state index contributed by atoms with van der Waals surface area (Å²) in [4.78, 5) is 11.1. The van der Waals surface area contributed by atoms with Crippen LogP contribution >= 0.6 is 0 Å². The molecule has 0 N–H and O–H groups in total. The topological polar surface area (TPSA) is 44.8 Å². The summed E-state index contributed by atoms with van der Waals surface area (Å²) in [5.41, 5.74) is 0. The van der Waals surface area contributed by atoms with Crippen LogP contribution in [0.4, 0.5) is 0 Å². The minimum atomic E-state index is -0.327. The number of carbonyl (C=O) groups is 1. The summed E-state index contributed by atoms with van der Waals surface area (Å²) in [7, 11) is 0. The Labute approximate surface area is 154 Å². The van der Waals surface area contributed by atoms with E-state index in [-0.39, 0.29) is 17.9 Å². The van der Waals surface area contributed by atoms with E-state index in [4.69, 9.17) is 14.2 Å². The summed E-state index contributed by atoms with van der Waals surface area (Å²) in [5, 5.41) is 0. The molecule has 0 saturated carbocycles. The normalized spacial score (nSPS) is 17.9. The van der Waals surface area contributed by atoms with Crippen molar-refractivity contribution in [3.63, 3.8) is 0 Å². The third-order valence-electron chi connectivity index (χ3n) is 4.68. The predicted molar refractivity (Wildman–Crippen MR) is 101 cm³/mol. The van der Waals surface area contributed by atoms with Crippen LogP contribution in [0.15, 0.2) is 12.2 Å². The van der Waals surface area contributed by atoms with Crippen LogP contribution in [0, 0.1) is 0 Å². The maximum atomic E-state index is 11.1. The Morgan fingerprint density at radius 2 is 1.68 bits per heavy atom. The molecule has 0 unspecified atom stereocenters. The van der Waals surface area contributed by atoms with Gasteiger partial charge in [-0.25, -0.2) is 0 Å². The molecule has 1 atom stereocenters. The van der Waals surface area contributed by atoms with E-state index in [0.717, 1.165) is 71.0 Å². The Kier molecular flexibility index (Phi) is 11.8. The molecule has 0 aromatic carbocycles. The molecule has 4 heteroatoms. The van der Waals surface area contributed by atoms with Crippen molar-refractivity contribution in [3.8, 4) is 0 Å². The number of hydrogen-bond donors (Lipinski definition) is 0. The van der Waals surface area contributed by atoms with E-state index in [0.29, 0.717) is 0 Å². The summed E-state index contributed by atoms with van der Waals surface area (Å²) in [6.07, 6.45) is 16.8. The summed E-state index contributed by atoms with van der Waals surface area (Å²) in [5.74, 6) is -0.481. The Morgan fingerprint density at radius 3 is 2.32 bits per heavy atom. The van der Waals surface area contributed by atoms with Gasteiger partial charge in [0.15, 0.2) is 5.79 Å². The standard InChI is InChI=1S/C21H38O4/c1-4-5-14-20(25-19(2)22)15-12-10-8-6-7-9-11-13-16-21(3)23-17-18-24-21/h6,8,20H,4-5,7,9-18H2,1-3H3/t20-/m1/s1. The Bertz CT molecular complexity index is 372. The van der Waals surface area contributed by atoms with Crippen LogP contribution in [-0.2, 0) is 19.0 Å². The average molecular weight is 355 g/mol. The molecule has 0 spiro atoms. The molecule has 0 amide bonds. The Hall–Kier alpha value is -0.870. The minimum absolute atomic E-state index is 0.104. The van der Waals surface area contributed by atoms with E-state index in [9.17, 15) is 4.79 Å². The van der Waals surface area contributed by atoms with Gasteiger partial charge in [0, 0.05) is 13.3 Å². The summed E-state index contributed by atoms with van der Waals surface area (Å²) in [6.45, 7) is 7.18. The number of ether oxygens (including phenoxy) is 3. The van der Waals surface area contributed by atoms with Crippen LogP contribution in [0.3, 0.4) is 0 Å². The molecule has 1 aliphatic rings. The van der Waals surface area contributed by atoms with Crippen LogP contribution in [0.2, 0.25) is 0 Å². The Morgan fingerprint density at radius 1 is 1.04 bits per heavy atom. The fourth-order valence-electron chi connectivity index (χ4n) is 3.21. The molecule has 1 aliphatic heterocycles. The molecular weight excluding hydrogens is 316 g/mol. The molecule has 4 nitrogen and oxygen atoms in total. The summed E-state index contributed by atoms with van der Waals surface area (Å²) >= 11 is 0. The first-order valence-corrected chi connectivity index (χ1v) is 10.2. The van der Waals surface area contributed by atoms with Crippen molar-refractivity contribution in [3.05, 3.63) is 12.2 Å². The van der Waals surface area contributed by atoms with Crippen LogP contribution in [0.1, 0.15) is 91.4 Å². The van der Waals surface area contributed by atoms with Crippen molar-refractivity contribution >= 4 is 5.97 Å². The van der Waals surface area contributed by atoms with Crippen LogP contribution < -0.4 is 0 Å². The highest BCUT2D eigenvalue weighted by Crippen LogP contribution is 2.25. The fraction of sp³-hybridized carbons (Fsp3) is 0.857. The molecule has 0 aromatic heterocycles. The first-order chi connectivity index (χ1) is 12.1. The van der Waals surface area contributed by atoms with Gasteiger partial charge in [0.25, 0.3) is 0 Å².